The smallest absolute Gasteiger partial charge is 0.172 e. The Balaban J connectivity index is 1.52. The zero-order valence-corrected chi connectivity index (χ0v) is 25.5. The van der Waals surface area contributed by atoms with Crippen molar-refractivity contribution in [1.29, 1.82) is 0 Å². The molecular weight excluding hydrogens is 563 g/mol. The Kier molecular flexibility index (Phi) is 5.76. The molecule has 1 aliphatic carbocycles. The largest absolute Gasteiger partial charge is 0.309 e. The fourth-order valence-electron chi connectivity index (χ4n) is 7.95. The van der Waals surface area contributed by atoms with Crippen LogP contribution >= 0.6 is 7.14 Å². The lowest BCUT2D eigenvalue weighted by Crippen LogP contribution is -2.34. The maximum Gasteiger partial charge on any atom is 0.172 e. The molecule has 0 amide bonds. The zero-order valence-electron chi connectivity index (χ0n) is 24.6. The Hall–Kier alpha value is -5.23. The van der Waals surface area contributed by atoms with E-state index in [9.17, 15) is 0 Å². The number of benzene rings is 7. The Morgan fingerprint density at radius 3 is 1.69 bits per heavy atom. The lowest BCUT2D eigenvalue weighted by atomic mass is 9.61. The highest BCUT2D eigenvalue weighted by Gasteiger charge is 2.53. The van der Waals surface area contributed by atoms with Crippen LogP contribution in [-0.4, -0.2) is 0 Å². The summed E-state index contributed by atoms with van der Waals surface area (Å²) in [7, 11) is -3.39. The van der Waals surface area contributed by atoms with Crippen molar-refractivity contribution in [2.75, 3.05) is 0 Å². The van der Waals surface area contributed by atoms with Gasteiger partial charge in [-0.25, -0.2) is 0 Å². The molecule has 45 heavy (non-hydrogen) atoms. The van der Waals surface area contributed by atoms with Gasteiger partial charge in [-0.1, -0.05) is 170 Å². The Bertz CT molecular complexity index is 2330. The molecule has 0 fully saturated rings. The van der Waals surface area contributed by atoms with E-state index in [1.807, 2.05) is 18.2 Å². The van der Waals surface area contributed by atoms with Crippen molar-refractivity contribution in [3.05, 3.63) is 209 Å². The van der Waals surface area contributed by atoms with Crippen molar-refractivity contribution in [1.82, 2.24) is 0 Å². The molecule has 2 heteroatoms. The zero-order chi connectivity index (χ0) is 30.0. The van der Waals surface area contributed by atoms with Gasteiger partial charge in [-0.05, 0) is 61.0 Å². The molecule has 0 saturated carbocycles. The quantitative estimate of drug-likeness (QED) is 0.186. The van der Waals surface area contributed by atoms with E-state index in [1.54, 1.807) is 0 Å². The Morgan fingerprint density at radius 1 is 0.467 bits per heavy atom. The van der Waals surface area contributed by atoms with E-state index in [0.717, 1.165) is 48.8 Å². The Labute approximate surface area is 263 Å². The number of hydrogen-bond donors (Lipinski definition) is 0. The molecular formula is C43H29OP. The second-order valence-electron chi connectivity index (χ2n) is 12.0. The van der Waals surface area contributed by atoms with E-state index in [1.165, 1.54) is 22.1 Å². The molecule has 0 aromatic heterocycles. The number of fused-ring (bicyclic) bond motifs is 2. The monoisotopic (exact) mass is 592 g/mol. The van der Waals surface area contributed by atoms with Gasteiger partial charge in [0.15, 0.2) is 7.14 Å². The molecule has 0 saturated heterocycles. The maximum absolute atomic E-state index is 16.6. The van der Waals surface area contributed by atoms with Crippen molar-refractivity contribution < 1.29 is 4.57 Å². The van der Waals surface area contributed by atoms with Crippen LogP contribution in [0.1, 0.15) is 27.8 Å². The molecule has 0 bridgehead atoms. The van der Waals surface area contributed by atoms with Crippen molar-refractivity contribution >= 4 is 44.6 Å². The number of rotatable bonds is 4. The normalized spacial score (nSPS) is 18.2. The van der Waals surface area contributed by atoms with E-state index < -0.39 is 12.6 Å². The van der Waals surface area contributed by atoms with E-state index >= 15 is 4.57 Å². The van der Waals surface area contributed by atoms with Gasteiger partial charge in [0.25, 0.3) is 0 Å². The molecule has 0 radical (unpaired) electrons. The minimum Gasteiger partial charge on any atom is -0.309 e. The van der Waals surface area contributed by atoms with Crippen LogP contribution < -0.4 is 5.30 Å². The van der Waals surface area contributed by atoms with E-state index in [-0.39, 0.29) is 0 Å². The first kappa shape index (κ1) is 26.2. The molecule has 212 valence electrons. The van der Waals surface area contributed by atoms with Crippen LogP contribution in [-0.2, 0) is 9.98 Å². The minimum absolute atomic E-state index is 0.678. The first-order valence-corrected chi connectivity index (χ1v) is 17.2. The van der Waals surface area contributed by atoms with E-state index in [0.29, 0.717) is 0 Å². The lowest BCUT2D eigenvalue weighted by Gasteiger charge is -2.42. The summed E-state index contributed by atoms with van der Waals surface area (Å²) in [6.07, 6.45) is 2.31. The van der Waals surface area contributed by atoms with Gasteiger partial charge >= 0.3 is 0 Å². The lowest BCUT2D eigenvalue weighted by molar-refractivity contribution is 0.593. The molecule has 1 aliphatic heterocycles. The van der Waals surface area contributed by atoms with Gasteiger partial charge in [0.2, 0.25) is 0 Å². The van der Waals surface area contributed by atoms with Gasteiger partial charge < -0.3 is 4.57 Å². The minimum atomic E-state index is -3.39. The second-order valence-corrected chi connectivity index (χ2v) is 14.6. The van der Waals surface area contributed by atoms with Gasteiger partial charge in [0, 0.05) is 15.9 Å². The molecule has 7 aromatic rings. The topological polar surface area (TPSA) is 17.1 Å². The highest BCUT2D eigenvalue weighted by Crippen LogP contribution is 2.76. The highest BCUT2D eigenvalue weighted by molar-refractivity contribution is 7.90. The fourth-order valence-corrected chi connectivity index (χ4v) is 11.3. The molecule has 9 rings (SSSR count). The first-order chi connectivity index (χ1) is 22.2. The fraction of sp³-hybridized carbons (Fsp3) is 0.0233. The van der Waals surface area contributed by atoms with Crippen LogP contribution in [0.4, 0.5) is 0 Å². The first-order valence-electron chi connectivity index (χ1n) is 15.5. The molecule has 1 nitrogen and oxygen atoms in total. The standard InChI is InChI=1S/C43H29OP/c44-45(34-23-8-3-9-24-34)40(36-26-12-16-30-15-10-11-25-35(30)36)29-39-42(45)37-27-13-17-31-18-14-28-38(41(31)37)43(39,32-19-4-1-5-20-32)33-21-6-2-7-22-33/h1-29H. The van der Waals surface area contributed by atoms with Gasteiger partial charge in [-0.2, -0.15) is 0 Å². The van der Waals surface area contributed by atoms with Crippen LogP contribution in [0.3, 0.4) is 0 Å². The third-order valence-corrected chi connectivity index (χ3v) is 12.9. The molecule has 7 aromatic carbocycles. The van der Waals surface area contributed by atoms with Crippen LogP contribution in [0.5, 0.6) is 0 Å². The van der Waals surface area contributed by atoms with Gasteiger partial charge in [-0.3, -0.25) is 0 Å². The summed E-state index contributed by atoms with van der Waals surface area (Å²) < 4.78 is 16.6. The summed E-state index contributed by atoms with van der Waals surface area (Å²) >= 11 is 0. The third-order valence-electron chi connectivity index (χ3n) is 9.76. The van der Waals surface area contributed by atoms with Crippen molar-refractivity contribution in [3.8, 4) is 0 Å². The van der Waals surface area contributed by atoms with Crippen molar-refractivity contribution in [3.63, 3.8) is 0 Å². The second kappa shape index (κ2) is 9.89. The number of allylic oxidation sites excluding steroid dienone is 2. The predicted molar refractivity (Wildman–Crippen MR) is 189 cm³/mol. The Morgan fingerprint density at radius 2 is 1.00 bits per heavy atom. The average molecular weight is 593 g/mol. The predicted octanol–water partition coefficient (Wildman–Crippen LogP) is 10.8. The maximum atomic E-state index is 16.6. The van der Waals surface area contributed by atoms with E-state index in [4.69, 9.17) is 0 Å². The molecule has 0 N–H and O–H groups in total. The SMILES string of the molecule is O=P1(c2ccccc2)C(c2cccc3ccccc23)=CC2=C1c1cccc3cccc(c13)C2(c1ccccc1)c1ccccc1. The summed E-state index contributed by atoms with van der Waals surface area (Å²) in [5.41, 5.74) is 6.08. The van der Waals surface area contributed by atoms with Gasteiger partial charge in [0.1, 0.15) is 0 Å². The molecule has 2 aliphatic rings. The van der Waals surface area contributed by atoms with Crippen LogP contribution in [0.25, 0.3) is 32.2 Å². The number of hydrogen-bond acceptors (Lipinski definition) is 1. The van der Waals surface area contributed by atoms with Crippen LogP contribution in [0.2, 0.25) is 0 Å². The van der Waals surface area contributed by atoms with Gasteiger partial charge in [-0.15, -0.1) is 0 Å². The van der Waals surface area contributed by atoms with Crippen LogP contribution in [0.15, 0.2) is 182 Å². The molecule has 1 atom stereocenters. The summed E-state index contributed by atoms with van der Waals surface area (Å²) in [5, 5.41) is 7.30. The molecule has 1 heterocycles. The summed E-state index contributed by atoms with van der Waals surface area (Å²) in [5.74, 6) is 0. The van der Waals surface area contributed by atoms with Crippen LogP contribution in [0, 0.1) is 0 Å². The third kappa shape index (κ3) is 3.54. The highest BCUT2D eigenvalue weighted by atomic mass is 31.2. The van der Waals surface area contributed by atoms with E-state index in [2.05, 4.69) is 158 Å². The molecule has 0 spiro atoms. The summed E-state index contributed by atoms with van der Waals surface area (Å²) in [6, 6.07) is 59.8. The van der Waals surface area contributed by atoms with Crippen molar-refractivity contribution in [2.24, 2.45) is 0 Å². The van der Waals surface area contributed by atoms with Crippen molar-refractivity contribution in [2.45, 2.75) is 5.41 Å². The average Bonchev–Trinajstić information content (AvgIpc) is 3.43. The van der Waals surface area contributed by atoms with Gasteiger partial charge in [0.05, 0.1) is 5.41 Å². The summed E-state index contributed by atoms with van der Waals surface area (Å²) in [6.45, 7) is 0. The molecule has 1 unspecified atom stereocenters. The summed E-state index contributed by atoms with van der Waals surface area (Å²) in [4.78, 5) is 0.